The average Bonchev–Trinajstić information content (AvgIpc) is 2.62. The number of benzene rings is 1. The van der Waals surface area contributed by atoms with Gasteiger partial charge in [-0.15, -0.1) is 0 Å². The summed E-state index contributed by atoms with van der Waals surface area (Å²) in [6.07, 6.45) is 2.75. The zero-order valence-corrected chi connectivity index (χ0v) is 14.4. The standard InChI is InChI=1S/C18H22N4O3/c1-3-21(4-2)16(23)10-9-14-7-5-8-15(13-14)22(18(24)25)17-19-11-6-12-20-17/h5-8,11-13H,3-4,9-10H2,1-2H3,(H,24,25). The third-order valence-corrected chi connectivity index (χ3v) is 3.86. The lowest BCUT2D eigenvalue weighted by Crippen LogP contribution is -2.30. The van der Waals surface area contributed by atoms with Gasteiger partial charge < -0.3 is 10.0 Å². The van der Waals surface area contributed by atoms with Crippen LogP contribution >= 0.6 is 0 Å². The Morgan fingerprint density at radius 1 is 1.08 bits per heavy atom. The molecule has 0 radical (unpaired) electrons. The SMILES string of the molecule is CCN(CC)C(=O)CCc1cccc(N(C(=O)O)c2ncccn2)c1. The molecule has 2 aromatic rings. The fraction of sp³-hybridized carbons (Fsp3) is 0.333. The Morgan fingerprint density at radius 3 is 2.36 bits per heavy atom. The largest absolute Gasteiger partial charge is 0.464 e. The third kappa shape index (κ3) is 4.76. The van der Waals surface area contributed by atoms with Crippen molar-refractivity contribution in [2.45, 2.75) is 26.7 Å². The molecule has 0 bridgehead atoms. The first-order valence-corrected chi connectivity index (χ1v) is 8.23. The van der Waals surface area contributed by atoms with E-state index >= 15 is 0 Å². The van der Waals surface area contributed by atoms with E-state index in [2.05, 4.69) is 9.97 Å². The lowest BCUT2D eigenvalue weighted by molar-refractivity contribution is -0.130. The number of carboxylic acid groups (broad SMARTS) is 1. The highest BCUT2D eigenvalue weighted by Gasteiger charge is 2.19. The maximum atomic E-state index is 12.1. The zero-order chi connectivity index (χ0) is 18.2. The fourth-order valence-electron chi connectivity index (χ4n) is 2.55. The Kier molecular flexibility index (Phi) is 6.45. The van der Waals surface area contributed by atoms with Gasteiger partial charge in [0.05, 0.1) is 5.69 Å². The number of hydrogen-bond acceptors (Lipinski definition) is 4. The van der Waals surface area contributed by atoms with Crippen LogP contribution in [0.2, 0.25) is 0 Å². The van der Waals surface area contributed by atoms with Crippen molar-refractivity contribution < 1.29 is 14.7 Å². The normalized spacial score (nSPS) is 10.3. The maximum Gasteiger partial charge on any atom is 0.418 e. The highest BCUT2D eigenvalue weighted by Crippen LogP contribution is 2.23. The quantitative estimate of drug-likeness (QED) is 0.835. The van der Waals surface area contributed by atoms with Crippen molar-refractivity contribution in [3.05, 3.63) is 48.3 Å². The topological polar surface area (TPSA) is 86.6 Å². The van der Waals surface area contributed by atoms with Gasteiger partial charge in [-0.2, -0.15) is 0 Å². The first-order valence-electron chi connectivity index (χ1n) is 8.23. The smallest absolute Gasteiger partial charge is 0.418 e. The molecular weight excluding hydrogens is 320 g/mol. The second-order valence-electron chi connectivity index (χ2n) is 5.40. The van der Waals surface area contributed by atoms with E-state index in [1.165, 1.54) is 12.4 Å². The van der Waals surface area contributed by atoms with Crippen LogP contribution in [-0.4, -0.2) is 45.1 Å². The molecular formula is C18H22N4O3. The number of nitrogens with zero attached hydrogens (tertiary/aromatic N) is 4. The van der Waals surface area contributed by atoms with Crippen molar-refractivity contribution in [2.75, 3.05) is 18.0 Å². The third-order valence-electron chi connectivity index (χ3n) is 3.86. The zero-order valence-electron chi connectivity index (χ0n) is 14.4. The summed E-state index contributed by atoms with van der Waals surface area (Å²) < 4.78 is 0. The predicted molar refractivity (Wildman–Crippen MR) is 94.9 cm³/mol. The van der Waals surface area contributed by atoms with Crippen molar-refractivity contribution in [1.82, 2.24) is 14.9 Å². The molecule has 1 aromatic carbocycles. The highest BCUT2D eigenvalue weighted by molar-refractivity contribution is 5.92. The molecule has 0 aliphatic heterocycles. The molecule has 0 aliphatic rings. The van der Waals surface area contributed by atoms with Gasteiger partial charge in [0.1, 0.15) is 0 Å². The lowest BCUT2D eigenvalue weighted by atomic mass is 10.1. The monoisotopic (exact) mass is 342 g/mol. The molecule has 1 aromatic heterocycles. The first kappa shape index (κ1) is 18.4. The molecule has 0 spiro atoms. The number of aromatic nitrogens is 2. The van der Waals surface area contributed by atoms with E-state index in [1.807, 2.05) is 19.9 Å². The minimum Gasteiger partial charge on any atom is -0.464 e. The van der Waals surface area contributed by atoms with Crippen molar-refractivity contribution in [2.24, 2.45) is 0 Å². The van der Waals surface area contributed by atoms with E-state index in [4.69, 9.17) is 0 Å². The van der Waals surface area contributed by atoms with Gasteiger partial charge in [0, 0.05) is 31.9 Å². The molecule has 2 rings (SSSR count). The Morgan fingerprint density at radius 2 is 1.76 bits per heavy atom. The van der Waals surface area contributed by atoms with Crippen molar-refractivity contribution in [1.29, 1.82) is 0 Å². The predicted octanol–water partition coefficient (Wildman–Crippen LogP) is 3.09. The van der Waals surface area contributed by atoms with Gasteiger partial charge in [-0.25, -0.2) is 19.7 Å². The van der Waals surface area contributed by atoms with Gasteiger partial charge in [-0.3, -0.25) is 4.79 Å². The summed E-state index contributed by atoms with van der Waals surface area (Å²) in [7, 11) is 0. The summed E-state index contributed by atoms with van der Waals surface area (Å²) in [5, 5.41) is 9.51. The van der Waals surface area contributed by atoms with Crippen LogP contribution in [0.5, 0.6) is 0 Å². The molecule has 7 heteroatoms. The van der Waals surface area contributed by atoms with Gasteiger partial charge in [-0.1, -0.05) is 12.1 Å². The summed E-state index contributed by atoms with van der Waals surface area (Å²) >= 11 is 0. The van der Waals surface area contributed by atoms with Crippen molar-refractivity contribution >= 4 is 23.6 Å². The maximum absolute atomic E-state index is 12.1. The van der Waals surface area contributed by atoms with E-state index in [9.17, 15) is 14.7 Å². The summed E-state index contributed by atoms with van der Waals surface area (Å²) in [5.41, 5.74) is 1.34. The molecule has 0 unspecified atom stereocenters. The van der Waals surface area contributed by atoms with E-state index in [0.717, 1.165) is 10.5 Å². The van der Waals surface area contributed by atoms with Gasteiger partial charge >= 0.3 is 6.09 Å². The van der Waals surface area contributed by atoms with Crippen molar-refractivity contribution in [3.8, 4) is 0 Å². The molecule has 2 amide bonds. The van der Waals surface area contributed by atoms with Crippen LogP contribution in [0.1, 0.15) is 25.8 Å². The molecule has 0 aliphatic carbocycles. The molecule has 0 saturated carbocycles. The van der Waals surface area contributed by atoms with Crippen LogP contribution in [-0.2, 0) is 11.2 Å². The van der Waals surface area contributed by atoms with Crippen LogP contribution in [0.3, 0.4) is 0 Å². The number of hydrogen-bond donors (Lipinski definition) is 1. The number of carbonyl (C=O) groups is 2. The Bertz CT molecular complexity index is 717. The van der Waals surface area contributed by atoms with Gasteiger partial charge in [-0.05, 0) is 44.0 Å². The summed E-state index contributed by atoms with van der Waals surface area (Å²) in [6, 6.07) is 8.70. The second kappa shape index (κ2) is 8.77. The number of aryl methyl sites for hydroxylation is 1. The Labute approximate surface area is 146 Å². The minimum atomic E-state index is -1.16. The van der Waals surface area contributed by atoms with Crippen LogP contribution in [0.15, 0.2) is 42.7 Å². The van der Waals surface area contributed by atoms with Crippen LogP contribution in [0.25, 0.3) is 0 Å². The van der Waals surface area contributed by atoms with E-state index in [-0.39, 0.29) is 11.9 Å². The molecule has 25 heavy (non-hydrogen) atoms. The Balaban J connectivity index is 2.17. The molecule has 7 nitrogen and oxygen atoms in total. The summed E-state index contributed by atoms with van der Waals surface area (Å²) in [6.45, 7) is 5.28. The second-order valence-corrected chi connectivity index (χ2v) is 5.40. The van der Waals surface area contributed by atoms with Crippen LogP contribution in [0, 0.1) is 0 Å². The van der Waals surface area contributed by atoms with Gasteiger partial charge in [0.2, 0.25) is 11.9 Å². The van der Waals surface area contributed by atoms with Crippen LogP contribution in [0.4, 0.5) is 16.4 Å². The molecule has 0 atom stereocenters. The molecule has 0 fully saturated rings. The summed E-state index contributed by atoms with van der Waals surface area (Å²) in [4.78, 5) is 34.6. The first-order chi connectivity index (χ1) is 12.1. The van der Waals surface area contributed by atoms with Gasteiger partial charge in [0.15, 0.2) is 0 Å². The highest BCUT2D eigenvalue weighted by atomic mass is 16.4. The molecule has 132 valence electrons. The van der Waals surface area contributed by atoms with E-state index in [1.54, 1.807) is 29.2 Å². The van der Waals surface area contributed by atoms with Crippen molar-refractivity contribution in [3.63, 3.8) is 0 Å². The fourth-order valence-corrected chi connectivity index (χ4v) is 2.55. The number of anilines is 2. The molecule has 0 saturated heterocycles. The van der Waals surface area contributed by atoms with E-state index < -0.39 is 6.09 Å². The van der Waals surface area contributed by atoms with Gasteiger partial charge in [0.25, 0.3) is 0 Å². The number of rotatable bonds is 7. The number of amides is 2. The molecule has 1 N–H and O–H groups in total. The average molecular weight is 342 g/mol. The summed E-state index contributed by atoms with van der Waals surface area (Å²) in [5.74, 6) is 0.184. The lowest BCUT2D eigenvalue weighted by Gasteiger charge is -2.19. The minimum absolute atomic E-state index is 0.0892. The molecule has 1 heterocycles. The van der Waals surface area contributed by atoms with E-state index in [0.29, 0.717) is 31.6 Å². The Hall–Kier alpha value is -2.96. The number of carbonyl (C=O) groups excluding carboxylic acids is 1. The van der Waals surface area contributed by atoms with Crippen LogP contribution < -0.4 is 4.90 Å².